The standard InChI is InChI=1S/C57H36N4O/c1-3-16-37(17-4-1)39-20-13-22-41(34-39)55-58-56(42-23-14-21-40(35-42)38-18-5-2-6-19-38)60-57(59-55)43-32-33-52(61-50-29-10-7-24-44(50)45-25-8-11-30-51(45)61)49(36-43)48-28-15-27-47-46-26-9-12-31-53(46)62-54(47)48/h1-36H/i9D,15D,26D,27D,28D,31D. The molecule has 0 saturated heterocycles. The minimum Gasteiger partial charge on any atom is -0.455 e. The van der Waals surface area contributed by atoms with E-state index in [0.717, 1.165) is 55.2 Å². The van der Waals surface area contributed by atoms with E-state index in [0.29, 0.717) is 34.3 Å². The number of aromatic nitrogens is 4. The van der Waals surface area contributed by atoms with E-state index in [1.807, 2.05) is 115 Å². The number of hydrogen-bond acceptors (Lipinski definition) is 4. The van der Waals surface area contributed by atoms with Crippen LogP contribution in [-0.4, -0.2) is 19.5 Å². The molecule has 0 aliphatic rings. The highest BCUT2D eigenvalue weighted by molar-refractivity contribution is 6.12. The Morgan fingerprint density at radius 1 is 0.371 bits per heavy atom. The van der Waals surface area contributed by atoms with Gasteiger partial charge in [-0.3, -0.25) is 0 Å². The fourth-order valence-corrected chi connectivity index (χ4v) is 8.51. The van der Waals surface area contributed by atoms with Crippen LogP contribution in [0, 0.1) is 0 Å². The van der Waals surface area contributed by atoms with E-state index in [9.17, 15) is 2.74 Å². The first-order chi connectivity index (χ1) is 33.2. The molecule has 0 fully saturated rings. The van der Waals surface area contributed by atoms with E-state index in [4.69, 9.17) is 24.9 Å². The highest BCUT2D eigenvalue weighted by Gasteiger charge is 2.21. The Kier molecular flexibility index (Phi) is 7.05. The zero-order valence-electron chi connectivity index (χ0n) is 39.0. The molecular weight excluding hydrogens is 757 g/mol. The summed E-state index contributed by atoms with van der Waals surface area (Å²) in [6, 6.07) is 58.2. The van der Waals surface area contributed by atoms with Gasteiger partial charge in [0.2, 0.25) is 0 Å². The maximum Gasteiger partial charge on any atom is 0.164 e. The van der Waals surface area contributed by atoms with Gasteiger partial charge in [-0.05, 0) is 70.8 Å². The molecule has 62 heavy (non-hydrogen) atoms. The predicted molar refractivity (Wildman–Crippen MR) is 254 cm³/mol. The summed E-state index contributed by atoms with van der Waals surface area (Å²) in [5, 5.41) is 2.23. The number of fused-ring (bicyclic) bond motifs is 6. The molecule has 0 aliphatic heterocycles. The molecule has 9 aromatic carbocycles. The third-order valence-electron chi connectivity index (χ3n) is 11.4. The average molecular weight is 799 g/mol. The molecule has 290 valence electrons. The molecule has 0 spiro atoms. The Morgan fingerprint density at radius 3 is 1.50 bits per heavy atom. The number of hydrogen-bond donors (Lipinski definition) is 0. The zero-order chi connectivity index (χ0) is 46.2. The lowest BCUT2D eigenvalue weighted by Gasteiger charge is -2.16. The van der Waals surface area contributed by atoms with Gasteiger partial charge in [-0.2, -0.15) is 0 Å². The molecule has 5 heteroatoms. The third-order valence-corrected chi connectivity index (χ3v) is 11.4. The van der Waals surface area contributed by atoms with Gasteiger partial charge in [0.15, 0.2) is 17.5 Å². The number of nitrogens with zero attached hydrogens (tertiary/aromatic N) is 4. The first-order valence-corrected chi connectivity index (χ1v) is 20.4. The summed E-state index contributed by atoms with van der Waals surface area (Å²) >= 11 is 0. The first-order valence-electron chi connectivity index (χ1n) is 23.4. The van der Waals surface area contributed by atoms with E-state index >= 15 is 0 Å². The molecule has 0 aliphatic carbocycles. The molecule has 3 aromatic heterocycles. The monoisotopic (exact) mass is 798 g/mol. The summed E-state index contributed by atoms with van der Waals surface area (Å²) in [4.78, 5) is 15.5. The van der Waals surface area contributed by atoms with Gasteiger partial charge >= 0.3 is 0 Å². The second-order valence-corrected chi connectivity index (χ2v) is 15.1. The van der Waals surface area contributed by atoms with E-state index in [-0.39, 0.29) is 63.8 Å². The van der Waals surface area contributed by atoms with Gasteiger partial charge in [-0.1, -0.05) is 170 Å². The van der Waals surface area contributed by atoms with Crippen molar-refractivity contribution < 1.29 is 12.6 Å². The molecular formula is C57H36N4O. The van der Waals surface area contributed by atoms with Crippen molar-refractivity contribution >= 4 is 43.7 Å². The van der Waals surface area contributed by atoms with Crippen LogP contribution in [-0.2, 0) is 0 Å². The van der Waals surface area contributed by atoms with Crippen molar-refractivity contribution in [3.63, 3.8) is 0 Å². The molecule has 0 unspecified atom stereocenters. The smallest absolute Gasteiger partial charge is 0.164 e. The Morgan fingerprint density at radius 2 is 0.887 bits per heavy atom. The summed E-state index contributed by atoms with van der Waals surface area (Å²) in [5.41, 5.74) is 9.46. The molecule has 0 bridgehead atoms. The van der Waals surface area contributed by atoms with Crippen molar-refractivity contribution in [3.05, 3.63) is 218 Å². The molecule has 0 N–H and O–H groups in total. The summed E-state index contributed by atoms with van der Waals surface area (Å²) in [6.07, 6.45) is 0. The van der Waals surface area contributed by atoms with Crippen LogP contribution in [0.5, 0.6) is 0 Å². The minimum absolute atomic E-state index is 0.0116. The summed E-state index contributed by atoms with van der Waals surface area (Å²) in [5.74, 6) is 1.25. The van der Waals surface area contributed by atoms with E-state index in [1.54, 1.807) is 0 Å². The molecule has 12 aromatic rings. The van der Waals surface area contributed by atoms with E-state index < -0.39 is 0 Å². The summed E-state index contributed by atoms with van der Waals surface area (Å²) in [6.45, 7) is 0. The van der Waals surface area contributed by atoms with Gasteiger partial charge in [0.1, 0.15) is 11.2 Å². The van der Waals surface area contributed by atoms with Crippen molar-refractivity contribution in [2.45, 2.75) is 0 Å². The van der Waals surface area contributed by atoms with Gasteiger partial charge in [-0.15, -0.1) is 0 Å². The maximum atomic E-state index is 9.63. The van der Waals surface area contributed by atoms with Crippen molar-refractivity contribution in [3.8, 4) is 73.2 Å². The molecule has 5 nitrogen and oxygen atoms in total. The van der Waals surface area contributed by atoms with Gasteiger partial charge < -0.3 is 8.98 Å². The van der Waals surface area contributed by atoms with Crippen LogP contribution in [0.25, 0.3) is 117 Å². The first kappa shape index (κ1) is 29.7. The number of rotatable bonds is 7. The SMILES string of the molecule is [2H]c1cc([2H])c2oc3c(-c4cc(-c5nc(-c6cccc(-c7ccccc7)c6)nc(-c6cccc(-c7ccccc7)c6)n5)ccc4-n4c5ccccc5c5ccccc54)c([2H])c([2H])c([2H])c3c2c1[2H]. The highest BCUT2D eigenvalue weighted by Crippen LogP contribution is 2.42. The Bertz CT molecular complexity index is 3850. The Balaban J connectivity index is 1.16. The van der Waals surface area contributed by atoms with Crippen LogP contribution < -0.4 is 0 Å². The Hall–Kier alpha value is -8.41. The van der Waals surface area contributed by atoms with Gasteiger partial charge in [0.25, 0.3) is 0 Å². The van der Waals surface area contributed by atoms with Crippen LogP contribution in [0.2, 0.25) is 0 Å². The lowest BCUT2D eigenvalue weighted by Crippen LogP contribution is -2.02. The van der Waals surface area contributed by atoms with E-state index in [1.165, 1.54) is 6.07 Å². The molecule has 0 radical (unpaired) electrons. The second-order valence-electron chi connectivity index (χ2n) is 15.1. The van der Waals surface area contributed by atoms with Crippen LogP contribution in [0.1, 0.15) is 8.22 Å². The molecule has 12 rings (SSSR count). The number of furan rings is 1. The fraction of sp³-hybridized carbons (Fsp3) is 0. The normalized spacial score (nSPS) is 12.9. The lowest BCUT2D eigenvalue weighted by molar-refractivity contribution is 0.670. The molecule has 0 amide bonds. The molecule has 0 saturated carbocycles. The molecule has 0 atom stereocenters. The number of para-hydroxylation sites is 4. The van der Waals surface area contributed by atoms with Crippen molar-refractivity contribution in [1.82, 2.24) is 19.5 Å². The van der Waals surface area contributed by atoms with Crippen molar-refractivity contribution in [1.29, 1.82) is 0 Å². The largest absolute Gasteiger partial charge is 0.455 e. The predicted octanol–water partition coefficient (Wildman–Crippen LogP) is 14.9. The summed E-state index contributed by atoms with van der Waals surface area (Å²) < 4.78 is 62.8. The van der Waals surface area contributed by atoms with Gasteiger partial charge in [-0.25, -0.2) is 15.0 Å². The van der Waals surface area contributed by atoms with Gasteiger partial charge in [0.05, 0.1) is 24.9 Å². The minimum atomic E-state index is -0.378. The molecule has 3 heterocycles. The highest BCUT2D eigenvalue weighted by atomic mass is 16.3. The quantitative estimate of drug-likeness (QED) is 0.161. The number of benzene rings is 9. The Labute approximate surface area is 366 Å². The average Bonchev–Trinajstić information content (AvgIpc) is 3.95. The maximum absolute atomic E-state index is 9.63. The van der Waals surface area contributed by atoms with E-state index in [2.05, 4.69) is 65.2 Å². The van der Waals surface area contributed by atoms with Crippen molar-refractivity contribution in [2.24, 2.45) is 0 Å². The second kappa shape index (κ2) is 14.7. The van der Waals surface area contributed by atoms with Crippen LogP contribution in [0.15, 0.2) is 223 Å². The summed E-state index contributed by atoms with van der Waals surface area (Å²) in [7, 11) is 0. The zero-order valence-corrected chi connectivity index (χ0v) is 33.0. The topological polar surface area (TPSA) is 56.7 Å². The fourth-order valence-electron chi connectivity index (χ4n) is 8.51. The van der Waals surface area contributed by atoms with Crippen LogP contribution in [0.4, 0.5) is 0 Å². The van der Waals surface area contributed by atoms with Crippen LogP contribution in [0.3, 0.4) is 0 Å². The van der Waals surface area contributed by atoms with Gasteiger partial charge in [0, 0.05) is 49.4 Å². The van der Waals surface area contributed by atoms with Crippen LogP contribution >= 0.6 is 0 Å². The lowest BCUT2D eigenvalue weighted by atomic mass is 9.97. The third kappa shape index (κ3) is 6.06. The van der Waals surface area contributed by atoms with Crippen molar-refractivity contribution in [2.75, 3.05) is 0 Å².